The van der Waals surface area contributed by atoms with Gasteiger partial charge in [0.15, 0.2) is 0 Å². The minimum atomic E-state index is -3.57. The van der Waals surface area contributed by atoms with Crippen LogP contribution in [0.2, 0.25) is 0 Å². The van der Waals surface area contributed by atoms with Crippen molar-refractivity contribution in [3.05, 3.63) is 18.0 Å². The van der Waals surface area contributed by atoms with Crippen LogP contribution in [-0.4, -0.2) is 60.8 Å². The van der Waals surface area contributed by atoms with E-state index in [4.69, 9.17) is 0 Å². The summed E-state index contributed by atoms with van der Waals surface area (Å²) in [7, 11) is -3.57. The van der Waals surface area contributed by atoms with Gasteiger partial charge in [-0.25, -0.2) is 17.2 Å². The lowest BCUT2D eigenvalue weighted by Crippen LogP contribution is -2.51. The Balaban J connectivity index is 1.90. The van der Waals surface area contributed by atoms with Crippen molar-refractivity contribution in [2.24, 2.45) is 0 Å². The maximum Gasteiger partial charge on any atom is 0.254 e. The number of halogens is 2. The van der Waals surface area contributed by atoms with Crippen molar-refractivity contribution in [1.82, 2.24) is 14.4 Å². The Kier molecular flexibility index (Phi) is 4.81. The Morgan fingerprint density at radius 1 is 1.36 bits per heavy atom. The molecule has 0 bridgehead atoms. The second-order valence-corrected chi connectivity index (χ2v) is 7.24. The van der Waals surface area contributed by atoms with Crippen LogP contribution in [0.3, 0.4) is 0 Å². The fourth-order valence-electron chi connectivity index (χ4n) is 2.18. The molecule has 0 atom stereocenters. The van der Waals surface area contributed by atoms with Gasteiger partial charge in [-0.2, -0.15) is 4.31 Å². The minimum Gasteiger partial charge on any atom is -0.364 e. The number of carbonyl (C=O) groups excluding carboxylic acids is 1. The number of amides is 1. The third-order valence-corrected chi connectivity index (χ3v) is 5.08. The first-order chi connectivity index (χ1) is 10.2. The number of piperazine rings is 1. The molecule has 0 aromatic carbocycles. The largest absolute Gasteiger partial charge is 0.364 e. The van der Waals surface area contributed by atoms with Gasteiger partial charge in [0.25, 0.3) is 5.92 Å². The van der Waals surface area contributed by atoms with Crippen molar-refractivity contribution in [2.75, 3.05) is 26.2 Å². The molecule has 0 saturated carbocycles. The summed E-state index contributed by atoms with van der Waals surface area (Å²) >= 11 is 0. The van der Waals surface area contributed by atoms with E-state index in [1.807, 2.05) is 0 Å². The predicted molar refractivity (Wildman–Crippen MR) is 72.5 cm³/mol. The number of carbonyl (C=O) groups is 1. The van der Waals surface area contributed by atoms with E-state index >= 15 is 0 Å². The molecule has 0 aliphatic carbocycles. The van der Waals surface area contributed by atoms with Crippen molar-refractivity contribution >= 4 is 15.9 Å². The number of rotatable bonds is 5. The first-order valence-electron chi connectivity index (χ1n) is 6.70. The van der Waals surface area contributed by atoms with Crippen molar-refractivity contribution in [1.29, 1.82) is 0 Å². The highest BCUT2D eigenvalue weighted by atomic mass is 32.2. The number of sulfonamides is 1. The Bertz CT molecular complexity index is 605. The molecule has 1 aliphatic rings. The summed E-state index contributed by atoms with van der Waals surface area (Å²) in [5.41, 5.74) is 0.295. The van der Waals surface area contributed by atoms with Gasteiger partial charge in [-0.05, 0) is 6.92 Å². The van der Waals surface area contributed by atoms with Crippen LogP contribution in [0.5, 0.6) is 0 Å². The first kappa shape index (κ1) is 16.8. The topological polar surface area (TPSA) is 83.7 Å². The van der Waals surface area contributed by atoms with Crippen LogP contribution in [0.1, 0.15) is 19.0 Å². The van der Waals surface area contributed by atoms with Crippen LogP contribution in [0.15, 0.2) is 16.9 Å². The van der Waals surface area contributed by atoms with E-state index in [2.05, 4.69) is 9.68 Å². The van der Waals surface area contributed by atoms with Gasteiger partial charge in [0.2, 0.25) is 15.9 Å². The normalized spacial score (nSPS) is 17.7. The van der Waals surface area contributed by atoms with Crippen LogP contribution in [0.4, 0.5) is 8.78 Å². The summed E-state index contributed by atoms with van der Waals surface area (Å²) in [6.07, 6.45) is 0.422. The molecule has 2 rings (SSSR count). The summed E-state index contributed by atoms with van der Waals surface area (Å²) in [6, 6.07) is 1.46. The fourth-order valence-corrected chi connectivity index (χ4v) is 3.61. The predicted octanol–water partition coefficient (Wildman–Crippen LogP) is 0.694. The lowest BCUT2D eigenvalue weighted by molar-refractivity contribution is -0.138. The lowest BCUT2D eigenvalue weighted by Gasteiger charge is -2.34. The molecule has 1 fully saturated rings. The third-order valence-electron chi connectivity index (χ3n) is 3.27. The zero-order valence-corrected chi connectivity index (χ0v) is 12.9. The number of nitrogens with zero attached hydrogens (tertiary/aromatic N) is 3. The highest BCUT2D eigenvalue weighted by Crippen LogP contribution is 2.19. The fraction of sp³-hybridized carbons (Fsp3) is 0.667. The average molecular weight is 337 g/mol. The summed E-state index contributed by atoms with van der Waals surface area (Å²) in [5, 5.41) is 3.55. The van der Waals surface area contributed by atoms with Gasteiger partial charge in [-0.15, -0.1) is 0 Å². The number of aromatic nitrogens is 1. The quantitative estimate of drug-likeness (QED) is 0.789. The zero-order chi connectivity index (χ0) is 16.4. The van der Waals surface area contributed by atoms with E-state index < -0.39 is 28.3 Å². The van der Waals surface area contributed by atoms with Gasteiger partial charge >= 0.3 is 0 Å². The highest BCUT2D eigenvalue weighted by Gasteiger charge is 2.33. The van der Waals surface area contributed by atoms with Gasteiger partial charge in [0, 0.05) is 32.2 Å². The molecule has 0 unspecified atom stereocenters. The standard InChI is InChI=1S/C12H17F2N3O4S/c1-12(13,14)8-11(18)16-3-5-17(6-4-16)22(19,20)9-10-2-7-21-15-10/h2,7H,3-6,8-9H2,1H3. The Morgan fingerprint density at radius 3 is 2.50 bits per heavy atom. The van der Waals surface area contributed by atoms with Crippen molar-refractivity contribution in [3.8, 4) is 0 Å². The molecule has 2 heterocycles. The Labute approximate surface area is 126 Å². The number of hydrogen-bond acceptors (Lipinski definition) is 5. The van der Waals surface area contributed by atoms with E-state index in [0.717, 1.165) is 0 Å². The summed E-state index contributed by atoms with van der Waals surface area (Å²) in [4.78, 5) is 12.9. The second-order valence-electron chi connectivity index (χ2n) is 5.27. The first-order valence-corrected chi connectivity index (χ1v) is 8.31. The Hall–Kier alpha value is -1.55. The highest BCUT2D eigenvalue weighted by molar-refractivity contribution is 7.88. The molecular formula is C12H17F2N3O4S. The maximum atomic E-state index is 12.8. The molecule has 10 heteroatoms. The van der Waals surface area contributed by atoms with Gasteiger partial charge in [0.1, 0.15) is 12.0 Å². The van der Waals surface area contributed by atoms with E-state index in [1.165, 1.54) is 21.5 Å². The zero-order valence-electron chi connectivity index (χ0n) is 12.0. The van der Waals surface area contributed by atoms with Crippen LogP contribution in [-0.2, 0) is 20.6 Å². The van der Waals surface area contributed by atoms with E-state index in [0.29, 0.717) is 12.6 Å². The Morgan fingerprint density at radius 2 is 2.00 bits per heavy atom. The molecule has 124 valence electrons. The number of alkyl halides is 2. The molecule has 0 N–H and O–H groups in total. The van der Waals surface area contributed by atoms with E-state index in [1.54, 1.807) is 0 Å². The maximum absolute atomic E-state index is 12.8. The molecule has 1 aliphatic heterocycles. The second kappa shape index (κ2) is 6.29. The molecule has 0 radical (unpaired) electrons. The van der Waals surface area contributed by atoms with Gasteiger partial charge < -0.3 is 9.42 Å². The average Bonchev–Trinajstić information content (AvgIpc) is 2.89. The lowest BCUT2D eigenvalue weighted by atomic mass is 10.2. The molecule has 0 spiro atoms. The van der Waals surface area contributed by atoms with Crippen molar-refractivity contribution in [3.63, 3.8) is 0 Å². The third kappa shape index (κ3) is 4.47. The van der Waals surface area contributed by atoms with Crippen LogP contribution in [0, 0.1) is 0 Å². The molecule has 1 saturated heterocycles. The number of hydrogen-bond donors (Lipinski definition) is 0. The molecule has 1 amide bonds. The van der Waals surface area contributed by atoms with Gasteiger partial charge in [-0.1, -0.05) is 5.16 Å². The van der Waals surface area contributed by atoms with Crippen molar-refractivity contribution < 1.29 is 26.5 Å². The molecule has 1 aromatic rings. The monoisotopic (exact) mass is 337 g/mol. The smallest absolute Gasteiger partial charge is 0.254 e. The van der Waals surface area contributed by atoms with Crippen LogP contribution < -0.4 is 0 Å². The minimum absolute atomic E-state index is 0.0845. The van der Waals surface area contributed by atoms with E-state index in [9.17, 15) is 22.0 Å². The van der Waals surface area contributed by atoms with Crippen LogP contribution >= 0.6 is 0 Å². The van der Waals surface area contributed by atoms with E-state index in [-0.39, 0.29) is 31.9 Å². The van der Waals surface area contributed by atoms with Crippen molar-refractivity contribution in [2.45, 2.75) is 25.0 Å². The molecule has 7 nitrogen and oxygen atoms in total. The van der Waals surface area contributed by atoms with Crippen LogP contribution in [0.25, 0.3) is 0 Å². The summed E-state index contributed by atoms with van der Waals surface area (Å²) < 4.78 is 55.8. The summed E-state index contributed by atoms with van der Waals surface area (Å²) in [5.74, 6) is -4.02. The molecule has 1 aromatic heterocycles. The summed E-state index contributed by atoms with van der Waals surface area (Å²) in [6.45, 7) is 1.06. The van der Waals surface area contributed by atoms with Gasteiger partial charge in [0.05, 0.1) is 12.1 Å². The van der Waals surface area contributed by atoms with Gasteiger partial charge in [-0.3, -0.25) is 4.79 Å². The molecule has 22 heavy (non-hydrogen) atoms. The SMILES string of the molecule is CC(F)(F)CC(=O)N1CCN(S(=O)(=O)Cc2ccon2)CC1. The molecular weight excluding hydrogens is 320 g/mol.